The Morgan fingerprint density at radius 2 is 0.667 bits per heavy atom. The first-order chi connectivity index (χ1) is 29.0. The molecule has 60 heavy (non-hydrogen) atoms. The second kappa shape index (κ2) is 16.1. The number of hydrogen-bond acceptors (Lipinski definition) is 4. The van der Waals surface area contributed by atoms with Crippen molar-refractivity contribution in [2.45, 2.75) is 55.4 Å². The molecule has 0 fully saturated rings. The van der Waals surface area contributed by atoms with E-state index in [1.165, 1.54) is 106 Å². The van der Waals surface area contributed by atoms with Crippen LogP contribution in [0.25, 0.3) is 84.2 Å². The number of furan rings is 2. The Hall–Kier alpha value is -6.20. The summed E-state index contributed by atoms with van der Waals surface area (Å²) < 4.78 is 17.2. The topological polar surface area (TPSA) is 26.3 Å². The van der Waals surface area contributed by atoms with Crippen LogP contribution in [-0.2, 0) is 0 Å². The Kier molecular flexibility index (Phi) is 10.5. The van der Waals surface area contributed by atoms with Gasteiger partial charge in [-0.2, -0.15) is 0 Å². The Labute approximate surface area is 359 Å². The maximum Gasteiger partial charge on any atom is 0.138 e. The predicted octanol–water partition coefficient (Wildman–Crippen LogP) is 17.7. The van der Waals surface area contributed by atoms with Gasteiger partial charge in [0.25, 0.3) is 0 Å². The molecule has 0 amide bonds. The van der Waals surface area contributed by atoms with E-state index in [0.29, 0.717) is 0 Å². The SMILES string of the molecule is Cc1ccc2oc3c(C)cccc3c2c1.Cc1ccc2oc3ccc(C)cc3c2c1.Cc1ccc2sc3c(C)cccc3c2c1.Cc1ccc2sc3ccc(C)cc3c2c1. The highest BCUT2D eigenvalue weighted by molar-refractivity contribution is 7.26. The molecule has 0 atom stereocenters. The zero-order valence-corrected chi connectivity index (χ0v) is 37.1. The van der Waals surface area contributed by atoms with Crippen molar-refractivity contribution in [3.8, 4) is 0 Å². The molecule has 0 radical (unpaired) electrons. The van der Waals surface area contributed by atoms with Crippen LogP contribution in [0, 0.1) is 55.4 Å². The van der Waals surface area contributed by atoms with Crippen molar-refractivity contribution in [2.24, 2.45) is 0 Å². The maximum atomic E-state index is 5.84. The highest BCUT2D eigenvalue weighted by atomic mass is 32.1. The largest absolute Gasteiger partial charge is 0.456 e. The van der Waals surface area contributed by atoms with Gasteiger partial charge in [0, 0.05) is 61.9 Å². The fourth-order valence-corrected chi connectivity index (χ4v) is 10.3. The van der Waals surface area contributed by atoms with Crippen LogP contribution >= 0.6 is 22.7 Å². The Bertz CT molecular complexity index is 3150. The van der Waals surface area contributed by atoms with Crippen LogP contribution in [0.4, 0.5) is 0 Å². The minimum Gasteiger partial charge on any atom is -0.456 e. The van der Waals surface area contributed by atoms with Gasteiger partial charge in [-0.05, 0) is 139 Å². The molecule has 0 N–H and O–H groups in total. The van der Waals surface area contributed by atoms with Gasteiger partial charge in [-0.3, -0.25) is 0 Å². The smallest absolute Gasteiger partial charge is 0.138 e. The van der Waals surface area contributed by atoms with E-state index < -0.39 is 0 Å². The molecule has 8 aromatic carbocycles. The third-order valence-corrected chi connectivity index (χ3v) is 13.7. The molecule has 12 rings (SSSR count). The first kappa shape index (κ1) is 39.3. The van der Waals surface area contributed by atoms with Gasteiger partial charge in [0.05, 0.1) is 0 Å². The molecular weight excluding hydrogens is 769 g/mol. The van der Waals surface area contributed by atoms with E-state index in [1.54, 1.807) is 0 Å². The van der Waals surface area contributed by atoms with E-state index in [1.807, 2.05) is 40.9 Å². The standard InChI is InChI=1S/2C14H12O.2C14H12S/c1-9-3-5-13-11(7-9)12-8-10(2)4-6-14(12)15-13;1-9-6-7-13-12(8-9)11-5-3-4-10(2)14(11)15-13;1-9-3-5-13-11(7-9)12-8-10(2)4-6-14(12)15-13;1-9-6-7-13-12(8-9)11-5-3-4-10(2)14(11)15-13/h4*3-8H,1-2H3. The van der Waals surface area contributed by atoms with Crippen LogP contribution < -0.4 is 0 Å². The van der Waals surface area contributed by atoms with E-state index >= 15 is 0 Å². The normalized spacial score (nSPS) is 11.3. The number of hydrogen-bond donors (Lipinski definition) is 0. The van der Waals surface area contributed by atoms with Crippen LogP contribution in [0.5, 0.6) is 0 Å². The molecule has 0 bridgehead atoms. The van der Waals surface area contributed by atoms with Crippen LogP contribution in [0.15, 0.2) is 154 Å². The summed E-state index contributed by atoms with van der Waals surface area (Å²) in [6.45, 7) is 17.0. The van der Waals surface area contributed by atoms with Crippen LogP contribution in [0.3, 0.4) is 0 Å². The van der Waals surface area contributed by atoms with E-state index in [0.717, 1.165) is 22.3 Å². The molecule has 4 aromatic heterocycles. The van der Waals surface area contributed by atoms with Gasteiger partial charge in [0.2, 0.25) is 0 Å². The van der Waals surface area contributed by atoms with Gasteiger partial charge in [-0.15, -0.1) is 22.7 Å². The zero-order chi connectivity index (χ0) is 41.7. The molecule has 2 nitrogen and oxygen atoms in total. The van der Waals surface area contributed by atoms with Gasteiger partial charge < -0.3 is 8.83 Å². The molecule has 0 aliphatic rings. The molecule has 0 spiro atoms. The minimum atomic E-state index is 0.973. The third kappa shape index (κ3) is 7.70. The van der Waals surface area contributed by atoms with E-state index in [2.05, 4.69) is 183 Å². The van der Waals surface area contributed by atoms with Gasteiger partial charge in [-0.1, -0.05) is 106 Å². The van der Waals surface area contributed by atoms with Gasteiger partial charge in [0.15, 0.2) is 0 Å². The molecule has 0 aliphatic heterocycles. The number of rotatable bonds is 0. The zero-order valence-electron chi connectivity index (χ0n) is 35.5. The lowest BCUT2D eigenvalue weighted by molar-refractivity contribution is 0.665. The third-order valence-electron chi connectivity index (χ3n) is 11.3. The van der Waals surface area contributed by atoms with Crippen molar-refractivity contribution in [2.75, 3.05) is 0 Å². The van der Waals surface area contributed by atoms with Gasteiger partial charge in [0.1, 0.15) is 22.3 Å². The van der Waals surface area contributed by atoms with Crippen molar-refractivity contribution in [3.05, 3.63) is 190 Å². The molecule has 0 saturated carbocycles. The highest BCUT2D eigenvalue weighted by Gasteiger charge is 2.10. The second-order valence-electron chi connectivity index (χ2n) is 16.3. The lowest BCUT2D eigenvalue weighted by Crippen LogP contribution is -1.72. The summed E-state index contributed by atoms with van der Waals surface area (Å²) in [6, 6.07) is 51.8. The van der Waals surface area contributed by atoms with E-state index in [4.69, 9.17) is 8.83 Å². The molecular formula is C56H48O2S2. The molecule has 12 aromatic rings. The van der Waals surface area contributed by atoms with Crippen molar-refractivity contribution < 1.29 is 8.83 Å². The lowest BCUT2D eigenvalue weighted by Gasteiger charge is -1.95. The number of para-hydroxylation sites is 1. The number of fused-ring (bicyclic) bond motifs is 12. The number of thiophene rings is 2. The molecule has 4 heteroatoms. The first-order valence-corrected chi connectivity index (χ1v) is 22.2. The quantitative estimate of drug-likeness (QED) is 0.152. The fraction of sp³-hybridized carbons (Fsp3) is 0.143. The Morgan fingerprint density at radius 1 is 0.300 bits per heavy atom. The average Bonchev–Trinajstić information content (AvgIpc) is 4.00. The molecule has 0 unspecified atom stereocenters. The summed E-state index contributed by atoms with van der Waals surface area (Å²) in [7, 11) is 0. The average molecular weight is 817 g/mol. The van der Waals surface area contributed by atoms with E-state index in [-0.39, 0.29) is 0 Å². The summed E-state index contributed by atoms with van der Waals surface area (Å²) >= 11 is 3.78. The van der Waals surface area contributed by atoms with Crippen LogP contribution in [0.1, 0.15) is 44.5 Å². The molecule has 0 aliphatic carbocycles. The van der Waals surface area contributed by atoms with Crippen molar-refractivity contribution in [3.63, 3.8) is 0 Å². The molecule has 4 heterocycles. The Balaban J connectivity index is 0.000000103. The van der Waals surface area contributed by atoms with Gasteiger partial charge >= 0.3 is 0 Å². The highest BCUT2D eigenvalue weighted by Crippen LogP contribution is 2.37. The van der Waals surface area contributed by atoms with Crippen molar-refractivity contribution >= 4 is 107 Å². The molecule has 0 saturated heterocycles. The second-order valence-corrected chi connectivity index (χ2v) is 18.4. The fourth-order valence-electron chi connectivity index (χ4n) is 8.12. The monoisotopic (exact) mass is 816 g/mol. The van der Waals surface area contributed by atoms with Gasteiger partial charge in [-0.25, -0.2) is 0 Å². The summed E-state index contributed by atoms with van der Waals surface area (Å²) in [4.78, 5) is 0. The Morgan fingerprint density at radius 3 is 1.17 bits per heavy atom. The minimum absolute atomic E-state index is 0.973. The maximum absolute atomic E-state index is 5.84. The predicted molar refractivity (Wildman–Crippen MR) is 264 cm³/mol. The summed E-state index contributed by atoms with van der Waals surface area (Å²) in [5, 5.41) is 10.5. The summed E-state index contributed by atoms with van der Waals surface area (Å²) in [5.41, 5.74) is 14.3. The van der Waals surface area contributed by atoms with E-state index in [9.17, 15) is 0 Å². The summed E-state index contributed by atoms with van der Waals surface area (Å²) in [5.74, 6) is 0. The lowest BCUT2D eigenvalue weighted by atomic mass is 10.1. The number of aryl methyl sites for hydroxylation is 8. The molecule has 296 valence electrons. The van der Waals surface area contributed by atoms with Crippen molar-refractivity contribution in [1.29, 1.82) is 0 Å². The van der Waals surface area contributed by atoms with Crippen LogP contribution in [-0.4, -0.2) is 0 Å². The summed E-state index contributed by atoms with van der Waals surface area (Å²) in [6.07, 6.45) is 0. The number of benzene rings is 8. The first-order valence-electron chi connectivity index (χ1n) is 20.5. The van der Waals surface area contributed by atoms with Crippen LogP contribution in [0.2, 0.25) is 0 Å². The van der Waals surface area contributed by atoms with Crippen molar-refractivity contribution in [1.82, 2.24) is 0 Å².